The van der Waals surface area contributed by atoms with Gasteiger partial charge in [0.05, 0.1) is 6.61 Å². The molecule has 0 N–H and O–H groups in total. The smallest absolute Gasteiger partial charge is 0.317 e. The molecular weight excluding hydrogens is 264 g/mol. The van der Waals surface area contributed by atoms with E-state index in [9.17, 15) is 14.4 Å². The maximum atomic E-state index is 11.3. The van der Waals surface area contributed by atoms with Crippen molar-refractivity contribution >= 4 is 18.4 Å². The van der Waals surface area contributed by atoms with Crippen molar-refractivity contribution in [2.24, 2.45) is 0 Å². The molecule has 1 aromatic carbocycles. The molecule has 6 nitrogen and oxygen atoms in total. The summed E-state index contributed by atoms with van der Waals surface area (Å²) in [5.74, 6) is -1.23. The molecule has 0 saturated carbocycles. The molecule has 0 heterocycles. The average Bonchev–Trinajstić information content (AvgIpc) is 2.44. The molecule has 1 aromatic rings. The minimum atomic E-state index is -0.628. The molecule has 0 aliphatic rings. The van der Waals surface area contributed by atoms with E-state index in [1.807, 2.05) is 0 Å². The predicted molar refractivity (Wildman–Crippen MR) is 68.3 cm³/mol. The first kappa shape index (κ1) is 15.7. The van der Waals surface area contributed by atoms with E-state index in [0.29, 0.717) is 6.47 Å². The molecular formula is C14H16O6. The first-order chi connectivity index (χ1) is 9.65. The van der Waals surface area contributed by atoms with Gasteiger partial charge in [-0.3, -0.25) is 14.4 Å². The van der Waals surface area contributed by atoms with Crippen molar-refractivity contribution in [2.75, 3.05) is 6.61 Å². The summed E-state index contributed by atoms with van der Waals surface area (Å²) in [6, 6.07) is 7.03. The van der Waals surface area contributed by atoms with Gasteiger partial charge in [0.2, 0.25) is 0 Å². The Morgan fingerprint density at radius 2 is 1.55 bits per heavy atom. The van der Waals surface area contributed by atoms with Crippen LogP contribution in [0.15, 0.2) is 24.3 Å². The van der Waals surface area contributed by atoms with Gasteiger partial charge in [-0.05, 0) is 18.1 Å². The second-order valence-electron chi connectivity index (χ2n) is 3.87. The molecule has 0 spiro atoms. The van der Waals surface area contributed by atoms with Gasteiger partial charge in [-0.2, -0.15) is 0 Å². The number of esters is 2. The predicted octanol–water partition coefficient (Wildman–Crippen LogP) is 1.36. The van der Waals surface area contributed by atoms with Crippen LogP contribution >= 0.6 is 0 Å². The second kappa shape index (κ2) is 8.68. The molecule has 0 saturated heterocycles. The van der Waals surface area contributed by atoms with Crippen molar-refractivity contribution in [1.29, 1.82) is 0 Å². The fraction of sp³-hybridized carbons (Fsp3) is 0.357. The van der Waals surface area contributed by atoms with Crippen LogP contribution in [0.4, 0.5) is 0 Å². The molecule has 0 bridgehead atoms. The minimum Gasteiger partial charge on any atom is -0.466 e. The Balaban J connectivity index is 2.35. The molecule has 108 valence electrons. The molecule has 1 rings (SSSR count). The molecule has 0 aliphatic carbocycles. The van der Waals surface area contributed by atoms with Gasteiger partial charge in [0.15, 0.2) is 0 Å². The molecule has 0 unspecified atom stereocenters. The highest BCUT2D eigenvalue weighted by Gasteiger charge is 2.11. The van der Waals surface area contributed by atoms with Gasteiger partial charge in [-0.15, -0.1) is 0 Å². The van der Waals surface area contributed by atoms with Gasteiger partial charge >= 0.3 is 11.9 Å². The lowest BCUT2D eigenvalue weighted by atomic mass is 10.1. The highest BCUT2D eigenvalue weighted by molar-refractivity contribution is 5.91. The number of carbonyl (C=O) groups excluding carboxylic acids is 3. The lowest BCUT2D eigenvalue weighted by Crippen LogP contribution is -2.13. The summed E-state index contributed by atoms with van der Waals surface area (Å²) < 4.78 is 14.2. The SMILES string of the molecule is CCOC(=O)CC(=O)OCc1ccc(COC=O)cc1. The summed E-state index contributed by atoms with van der Waals surface area (Å²) in [4.78, 5) is 32.4. The standard InChI is InChI=1S/C14H16O6/c1-2-19-13(16)7-14(17)20-9-12-5-3-11(4-6-12)8-18-10-15/h3-6,10H,2,7-9H2,1H3. The van der Waals surface area contributed by atoms with E-state index in [-0.39, 0.29) is 26.2 Å². The summed E-state index contributed by atoms with van der Waals surface area (Å²) in [6.07, 6.45) is -0.390. The quantitative estimate of drug-likeness (QED) is 0.309. The lowest BCUT2D eigenvalue weighted by molar-refractivity contribution is -0.155. The Kier molecular flexibility index (Phi) is 6.81. The first-order valence-corrected chi connectivity index (χ1v) is 6.10. The zero-order valence-corrected chi connectivity index (χ0v) is 11.2. The Bertz CT molecular complexity index is 451. The van der Waals surface area contributed by atoms with Crippen molar-refractivity contribution in [1.82, 2.24) is 0 Å². The van der Waals surface area contributed by atoms with Crippen molar-refractivity contribution in [3.05, 3.63) is 35.4 Å². The Morgan fingerprint density at radius 1 is 1.00 bits per heavy atom. The van der Waals surface area contributed by atoms with Gasteiger partial charge < -0.3 is 14.2 Å². The molecule has 20 heavy (non-hydrogen) atoms. The van der Waals surface area contributed by atoms with Crippen LogP contribution in [0, 0.1) is 0 Å². The number of hydrogen-bond donors (Lipinski definition) is 0. The highest BCUT2D eigenvalue weighted by atomic mass is 16.6. The summed E-state index contributed by atoms with van der Waals surface area (Å²) in [5, 5.41) is 0. The summed E-state index contributed by atoms with van der Waals surface area (Å²) in [5.41, 5.74) is 1.61. The summed E-state index contributed by atoms with van der Waals surface area (Å²) >= 11 is 0. The average molecular weight is 280 g/mol. The molecule has 0 fully saturated rings. The Hall–Kier alpha value is -2.37. The zero-order chi connectivity index (χ0) is 14.8. The van der Waals surface area contributed by atoms with E-state index in [0.717, 1.165) is 11.1 Å². The molecule has 0 amide bonds. The van der Waals surface area contributed by atoms with E-state index in [1.54, 1.807) is 31.2 Å². The Labute approximate surface area is 116 Å². The maximum Gasteiger partial charge on any atom is 0.317 e. The third-order valence-electron chi connectivity index (χ3n) is 2.33. The van der Waals surface area contributed by atoms with Crippen LogP contribution in [0.3, 0.4) is 0 Å². The van der Waals surface area contributed by atoms with Crippen molar-refractivity contribution in [2.45, 2.75) is 26.6 Å². The Morgan fingerprint density at radius 3 is 2.10 bits per heavy atom. The summed E-state index contributed by atoms with van der Waals surface area (Å²) in [7, 11) is 0. The van der Waals surface area contributed by atoms with Crippen molar-refractivity contribution in [3.63, 3.8) is 0 Å². The molecule has 6 heteroatoms. The normalized spacial score (nSPS) is 9.65. The molecule has 0 aliphatic heterocycles. The largest absolute Gasteiger partial charge is 0.466 e. The first-order valence-electron chi connectivity index (χ1n) is 6.10. The molecule has 0 atom stereocenters. The zero-order valence-electron chi connectivity index (χ0n) is 11.2. The lowest BCUT2D eigenvalue weighted by Gasteiger charge is -2.06. The van der Waals surface area contributed by atoms with E-state index >= 15 is 0 Å². The number of hydrogen-bond acceptors (Lipinski definition) is 6. The third kappa shape index (κ3) is 5.99. The highest BCUT2D eigenvalue weighted by Crippen LogP contribution is 2.07. The monoisotopic (exact) mass is 280 g/mol. The van der Waals surface area contributed by atoms with Crippen molar-refractivity contribution in [3.8, 4) is 0 Å². The van der Waals surface area contributed by atoms with E-state index in [1.165, 1.54) is 0 Å². The maximum absolute atomic E-state index is 11.3. The van der Waals surface area contributed by atoms with Gasteiger partial charge in [0, 0.05) is 0 Å². The number of rotatable bonds is 8. The fourth-order valence-corrected chi connectivity index (χ4v) is 1.41. The minimum absolute atomic E-state index is 0.0764. The van der Waals surface area contributed by atoms with Crippen molar-refractivity contribution < 1.29 is 28.6 Å². The van der Waals surface area contributed by atoms with Gasteiger partial charge in [0.1, 0.15) is 19.6 Å². The fourth-order valence-electron chi connectivity index (χ4n) is 1.41. The van der Waals surface area contributed by atoms with Crippen LogP contribution in [0.2, 0.25) is 0 Å². The number of benzene rings is 1. The van der Waals surface area contributed by atoms with Crippen LogP contribution in [0.5, 0.6) is 0 Å². The number of ether oxygens (including phenoxy) is 3. The van der Waals surface area contributed by atoms with Crippen LogP contribution in [0.25, 0.3) is 0 Å². The van der Waals surface area contributed by atoms with Crippen LogP contribution in [-0.2, 0) is 41.8 Å². The molecule has 0 radical (unpaired) electrons. The van der Waals surface area contributed by atoms with E-state index in [2.05, 4.69) is 9.47 Å². The number of carbonyl (C=O) groups is 3. The van der Waals surface area contributed by atoms with E-state index < -0.39 is 11.9 Å². The van der Waals surface area contributed by atoms with Crippen LogP contribution in [0.1, 0.15) is 24.5 Å². The molecule has 0 aromatic heterocycles. The summed E-state index contributed by atoms with van der Waals surface area (Å²) in [6.45, 7) is 2.56. The second-order valence-corrected chi connectivity index (χ2v) is 3.87. The van der Waals surface area contributed by atoms with Crippen LogP contribution in [-0.4, -0.2) is 25.0 Å². The van der Waals surface area contributed by atoms with Gasteiger partial charge in [-0.1, -0.05) is 24.3 Å². The van der Waals surface area contributed by atoms with E-state index in [4.69, 9.17) is 4.74 Å². The van der Waals surface area contributed by atoms with Gasteiger partial charge in [0.25, 0.3) is 6.47 Å². The van der Waals surface area contributed by atoms with Gasteiger partial charge in [-0.25, -0.2) is 0 Å². The van der Waals surface area contributed by atoms with Crippen LogP contribution < -0.4 is 0 Å². The topological polar surface area (TPSA) is 78.9 Å². The third-order valence-corrected chi connectivity index (χ3v) is 2.33.